The first-order chi connectivity index (χ1) is 7.69. The molecule has 1 aliphatic rings. The molecule has 1 saturated carbocycles. The van der Waals surface area contributed by atoms with Crippen LogP contribution in [0.25, 0.3) is 0 Å². The summed E-state index contributed by atoms with van der Waals surface area (Å²) >= 11 is 0. The van der Waals surface area contributed by atoms with Gasteiger partial charge in [-0.1, -0.05) is 13.3 Å². The van der Waals surface area contributed by atoms with Crippen molar-refractivity contribution < 1.29 is 4.42 Å². The zero-order chi connectivity index (χ0) is 11.5. The van der Waals surface area contributed by atoms with Crippen LogP contribution in [0.1, 0.15) is 57.2 Å². The summed E-state index contributed by atoms with van der Waals surface area (Å²) < 4.78 is 5.54. The fraction of sp³-hybridized carbons (Fsp3) is 0.769. The lowest BCUT2D eigenvalue weighted by Crippen LogP contribution is -2.29. The molecule has 3 atom stereocenters. The van der Waals surface area contributed by atoms with E-state index in [4.69, 9.17) is 4.42 Å². The molecule has 0 saturated heterocycles. The van der Waals surface area contributed by atoms with E-state index in [9.17, 15) is 0 Å². The Hall–Kier alpha value is -0.830. The summed E-state index contributed by atoms with van der Waals surface area (Å²) in [5, 5.41) is 3.62. The van der Waals surface area contributed by atoms with Gasteiger partial charge < -0.3 is 9.73 Å². The summed E-state index contributed by atoms with van der Waals surface area (Å²) in [7, 11) is 0. The molecule has 2 rings (SSSR count). The molecule has 1 heterocycles. The molecule has 0 aromatic carbocycles. The van der Waals surface area contributed by atoms with Gasteiger partial charge in [-0.25, -0.2) is 4.98 Å². The highest BCUT2D eigenvalue weighted by atomic mass is 16.4. The number of rotatable bonds is 4. The zero-order valence-corrected chi connectivity index (χ0v) is 10.5. The molecule has 0 amide bonds. The van der Waals surface area contributed by atoms with Gasteiger partial charge in [-0.3, -0.25) is 0 Å². The Bertz CT molecular complexity index is 334. The van der Waals surface area contributed by atoms with Gasteiger partial charge in [0.15, 0.2) is 0 Å². The molecule has 1 aromatic rings. The first-order valence-electron chi connectivity index (χ1n) is 6.37. The number of aromatic nitrogens is 1. The van der Waals surface area contributed by atoms with Crippen LogP contribution < -0.4 is 5.32 Å². The molecule has 3 heteroatoms. The third-order valence-corrected chi connectivity index (χ3v) is 3.61. The van der Waals surface area contributed by atoms with Gasteiger partial charge in [0.25, 0.3) is 0 Å². The Morgan fingerprint density at radius 2 is 2.38 bits per heavy atom. The van der Waals surface area contributed by atoms with Crippen LogP contribution in [0.3, 0.4) is 0 Å². The lowest BCUT2D eigenvalue weighted by Gasteiger charge is -2.17. The predicted octanol–water partition coefficient (Wildman–Crippen LogP) is 3.21. The average molecular weight is 222 g/mol. The third kappa shape index (κ3) is 2.64. The molecule has 0 aliphatic heterocycles. The second-order valence-electron chi connectivity index (χ2n) is 4.98. The Labute approximate surface area is 97.6 Å². The highest BCUT2D eigenvalue weighted by Crippen LogP contribution is 2.29. The number of nitrogens with zero attached hydrogens (tertiary/aromatic N) is 1. The van der Waals surface area contributed by atoms with E-state index in [-0.39, 0.29) is 6.04 Å². The molecule has 1 N–H and O–H groups in total. The van der Waals surface area contributed by atoms with Crippen molar-refractivity contribution in [1.29, 1.82) is 0 Å². The minimum atomic E-state index is 0.231. The maximum absolute atomic E-state index is 5.54. The number of oxazole rings is 1. The first kappa shape index (κ1) is 11.6. The van der Waals surface area contributed by atoms with Crippen molar-refractivity contribution in [3.05, 3.63) is 17.8 Å². The van der Waals surface area contributed by atoms with Crippen molar-refractivity contribution in [2.24, 2.45) is 5.92 Å². The molecule has 0 radical (unpaired) electrons. The quantitative estimate of drug-likeness (QED) is 0.850. The number of aryl methyl sites for hydroxylation is 1. The molecule has 1 fully saturated rings. The van der Waals surface area contributed by atoms with E-state index in [0.29, 0.717) is 6.04 Å². The van der Waals surface area contributed by atoms with Gasteiger partial charge in [0.2, 0.25) is 5.89 Å². The van der Waals surface area contributed by atoms with Crippen LogP contribution in [0, 0.1) is 12.8 Å². The van der Waals surface area contributed by atoms with Crippen molar-refractivity contribution in [2.75, 3.05) is 0 Å². The smallest absolute Gasteiger partial charge is 0.211 e. The third-order valence-electron chi connectivity index (χ3n) is 3.61. The number of hydrogen-bond acceptors (Lipinski definition) is 3. The maximum atomic E-state index is 5.54. The molecule has 1 aromatic heterocycles. The van der Waals surface area contributed by atoms with E-state index < -0.39 is 0 Å². The van der Waals surface area contributed by atoms with Gasteiger partial charge >= 0.3 is 0 Å². The van der Waals surface area contributed by atoms with Gasteiger partial charge in [0, 0.05) is 6.04 Å². The first-order valence-corrected chi connectivity index (χ1v) is 6.37. The summed E-state index contributed by atoms with van der Waals surface area (Å²) in [6, 6.07) is 0.876. The fourth-order valence-electron chi connectivity index (χ4n) is 2.59. The SMILES string of the molecule is CCC1CCC(NC(C)c2ncc(C)o2)C1. The summed E-state index contributed by atoms with van der Waals surface area (Å²) in [6.07, 6.45) is 7.07. The van der Waals surface area contributed by atoms with E-state index in [1.807, 2.05) is 6.92 Å². The van der Waals surface area contributed by atoms with Crippen LogP contribution in [-0.4, -0.2) is 11.0 Å². The highest BCUT2D eigenvalue weighted by Gasteiger charge is 2.25. The standard InChI is InChI=1S/C13H22N2O/c1-4-11-5-6-12(7-11)15-10(3)13-14-8-9(2)16-13/h8,10-12,15H,4-7H2,1-3H3. The average Bonchev–Trinajstić information content (AvgIpc) is 2.87. The summed E-state index contributed by atoms with van der Waals surface area (Å²) in [5.41, 5.74) is 0. The maximum Gasteiger partial charge on any atom is 0.211 e. The van der Waals surface area contributed by atoms with Crippen molar-refractivity contribution in [3.63, 3.8) is 0 Å². The minimum Gasteiger partial charge on any atom is -0.444 e. The highest BCUT2D eigenvalue weighted by molar-refractivity contribution is 4.96. The molecule has 1 aliphatic carbocycles. The van der Waals surface area contributed by atoms with E-state index in [2.05, 4.69) is 24.1 Å². The van der Waals surface area contributed by atoms with Crippen molar-refractivity contribution in [3.8, 4) is 0 Å². The molecule has 3 nitrogen and oxygen atoms in total. The largest absolute Gasteiger partial charge is 0.444 e. The Kier molecular flexibility index (Phi) is 3.64. The van der Waals surface area contributed by atoms with Gasteiger partial charge in [-0.15, -0.1) is 0 Å². The minimum absolute atomic E-state index is 0.231. The monoisotopic (exact) mass is 222 g/mol. The zero-order valence-electron chi connectivity index (χ0n) is 10.5. The molecule has 0 bridgehead atoms. The topological polar surface area (TPSA) is 38.1 Å². The Morgan fingerprint density at radius 3 is 2.94 bits per heavy atom. The molecular weight excluding hydrogens is 200 g/mol. The lowest BCUT2D eigenvalue weighted by atomic mass is 10.1. The second-order valence-corrected chi connectivity index (χ2v) is 4.98. The fourth-order valence-corrected chi connectivity index (χ4v) is 2.59. The van der Waals surface area contributed by atoms with Gasteiger partial charge in [0.05, 0.1) is 12.2 Å². The van der Waals surface area contributed by atoms with Crippen LogP contribution >= 0.6 is 0 Å². The summed E-state index contributed by atoms with van der Waals surface area (Å²) in [6.45, 7) is 6.35. The molecule has 3 unspecified atom stereocenters. The van der Waals surface area contributed by atoms with Crippen LogP contribution in [0.2, 0.25) is 0 Å². The van der Waals surface area contributed by atoms with Gasteiger partial charge in [0.1, 0.15) is 5.76 Å². The second kappa shape index (κ2) is 5.00. The van der Waals surface area contributed by atoms with Crippen LogP contribution in [0.5, 0.6) is 0 Å². The van der Waals surface area contributed by atoms with E-state index in [1.54, 1.807) is 6.20 Å². The van der Waals surface area contributed by atoms with E-state index in [1.165, 1.54) is 25.7 Å². The number of nitrogens with one attached hydrogen (secondary N) is 1. The van der Waals surface area contributed by atoms with Crippen molar-refractivity contribution >= 4 is 0 Å². The Morgan fingerprint density at radius 1 is 1.56 bits per heavy atom. The van der Waals surface area contributed by atoms with Crippen molar-refractivity contribution in [2.45, 2.75) is 58.5 Å². The molecule has 16 heavy (non-hydrogen) atoms. The van der Waals surface area contributed by atoms with Crippen molar-refractivity contribution in [1.82, 2.24) is 10.3 Å². The summed E-state index contributed by atoms with van der Waals surface area (Å²) in [5.74, 6) is 2.62. The van der Waals surface area contributed by atoms with Gasteiger partial charge in [-0.2, -0.15) is 0 Å². The normalized spacial score (nSPS) is 27.2. The van der Waals surface area contributed by atoms with E-state index in [0.717, 1.165) is 17.6 Å². The number of hydrogen-bond donors (Lipinski definition) is 1. The molecule has 0 spiro atoms. The van der Waals surface area contributed by atoms with Gasteiger partial charge in [-0.05, 0) is 39.0 Å². The molecule has 90 valence electrons. The van der Waals surface area contributed by atoms with Crippen LogP contribution in [0.4, 0.5) is 0 Å². The van der Waals surface area contributed by atoms with E-state index >= 15 is 0 Å². The molecular formula is C13H22N2O. The van der Waals surface area contributed by atoms with Crippen LogP contribution in [-0.2, 0) is 0 Å². The lowest BCUT2D eigenvalue weighted by molar-refractivity contribution is 0.364. The Balaban J connectivity index is 1.86. The van der Waals surface area contributed by atoms with Crippen LogP contribution in [0.15, 0.2) is 10.6 Å². The predicted molar refractivity (Wildman–Crippen MR) is 64.2 cm³/mol. The summed E-state index contributed by atoms with van der Waals surface area (Å²) in [4.78, 5) is 4.27.